The molecule has 3 aromatic rings. The molecular formula is C23H21N3O6. The smallest absolute Gasteiger partial charge is 0.325 e. The van der Waals surface area contributed by atoms with Gasteiger partial charge in [0.05, 0.1) is 18.3 Å². The number of hydrogen-bond acceptors (Lipinski definition) is 5. The maximum Gasteiger partial charge on any atom is 0.325 e. The summed E-state index contributed by atoms with van der Waals surface area (Å²) in [5.41, 5.74) is 0.599. The molecule has 2 fully saturated rings. The lowest BCUT2D eigenvalue weighted by Gasteiger charge is -2.28. The van der Waals surface area contributed by atoms with Gasteiger partial charge in [-0.05, 0) is 30.7 Å². The molecule has 0 saturated carbocycles. The predicted molar refractivity (Wildman–Crippen MR) is 114 cm³/mol. The van der Waals surface area contributed by atoms with Crippen molar-refractivity contribution in [3.05, 3.63) is 48.0 Å². The summed E-state index contributed by atoms with van der Waals surface area (Å²) in [6.45, 7) is 2.80. The van der Waals surface area contributed by atoms with Gasteiger partial charge in [0.2, 0.25) is 11.8 Å². The number of rotatable bonds is 5. The number of aryl methyl sites for hydroxylation is 1. The zero-order chi connectivity index (χ0) is 22.8. The van der Waals surface area contributed by atoms with E-state index in [-0.39, 0.29) is 0 Å². The van der Waals surface area contributed by atoms with Gasteiger partial charge in [0.15, 0.2) is 0 Å². The molecule has 0 aliphatic carbocycles. The highest BCUT2D eigenvalue weighted by molar-refractivity contribution is 6.11. The number of hydrogen-bond donors (Lipinski definition) is 4. The number of imide groups is 1. The van der Waals surface area contributed by atoms with Gasteiger partial charge in [0.25, 0.3) is 0 Å². The van der Waals surface area contributed by atoms with Crippen LogP contribution in [0.25, 0.3) is 21.8 Å². The number of aromatic nitrogens is 1. The van der Waals surface area contributed by atoms with Crippen LogP contribution in [-0.4, -0.2) is 44.1 Å². The number of benzene rings is 2. The number of aliphatic carboxylic acids is 2. The Kier molecular flexibility index (Phi) is 4.35. The van der Waals surface area contributed by atoms with Crippen LogP contribution in [0.3, 0.4) is 0 Å². The molecule has 2 aliphatic heterocycles. The standard InChI is InChI=1S/C23H21N3O6/c1-2-26-14-6-4-3-5-12(14)13-9-11(7-8-15(13)26)19-17-18(21(30)24-20(17)29)23(25-19,22(31)32)10-16(27)28/h3-9,17-19,25H,2,10H2,1H3,(H,27,28)(H,31,32)(H,24,29,30). The maximum atomic E-state index is 12.7. The molecule has 3 heterocycles. The Morgan fingerprint density at radius 1 is 1.03 bits per heavy atom. The molecule has 2 saturated heterocycles. The quantitative estimate of drug-likeness (QED) is 0.447. The van der Waals surface area contributed by atoms with E-state index in [4.69, 9.17) is 0 Å². The van der Waals surface area contributed by atoms with Crippen LogP contribution in [0.15, 0.2) is 42.5 Å². The monoisotopic (exact) mass is 435 g/mol. The third-order valence-electron chi connectivity index (χ3n) is 6.78. The van der Waals surface area contributed by atoms with Crippen LogP contribution < -0.4 is 10.6 Å². The third kappa shape index (κ3) is 2.61. The summed E-state index contributed by atoms with van der Waals surface area (Å²) in [4.78, 5) is 49.0. The van der Waals surface area contributed by atoms with Gasteiger partial charge in [-0.25, -0.2) is 0 Å². The first-order valence-corrected chi connectivity index (χ1v) is 10.4. The Hall–Kier alpha value is -3.72. The van der Waals surface area contributed by atoms with Crippen molar-refractivity contribution in [3.8, 4) is 0 Å². The summed E-state index contributed by atoms with van der Waals surface area (Å²) in [5.74, 6) is -6.53. The highest BCUT2D eigenvalue weighted by Crippen LogP contribution is 2.48. The topological polar surface area (TPSA) is 138 Å². The summed E-state index contributed by atoms with van der Waals surface area (Å²) in [5, 5.41) is 26.4. The molecule has 2 aliphatic rings. The van der Waals surface area contributed by atoms with E-state index in [1.807, 2.05) is 43.3 Å². The van der Waals surface area contributed by atoms with Crippen molar-refractivity contribution >= 4 is 45.6 Å². The molecule has 9 nitrogen and oxygen atoms in total. The maximum absolute atomic E-state index is 12.7. The number of carbonyl (C=O) groups excluding carboxylic acids is 2. The Balaban J connectivity index is 1.69. The van der Waals surface area contributed by atoms with Gasteiger partial charge in [-0.2, -0.15) is 0 Å². The fourth-order valence-corrected chi connectivity index (χ4v) is 5.49. The van der Waals surface area contributed by atoms with Gasteiger partial charge < -0.3 is 14.8 Å². The van der Waals surface area contributed by atoms with Gasteiger partial charge >= 0.3 is 11.9 Å². The lowest BCUT2D eigenvalue weighted by molar-refractivity contribution is -0.154. The third-order valence-corrected chi connectivity index (χ3v) is 6.78. The van der Waals surface area contributed by atoms with Crippen molar-refractivity contribution < 1.29 is 29.4 Å². The summed E-state index contributed by atoms with van der Waals surface area (Å²) in [7, 11) is 0. The minimum Gasteiger partial charge on any atom is -0.481 e. The molecule has 0 bridgehead atoms. The van der Waals surface area contributed by atoms with Gasteiger partial charge in [-0.1, -0.05) is 24.3 Å². The van der Waals surface area contributed by atoms with E-state index in [2.05, 4.69) is 15.2 Å². The van der Waals surface area contributed by atoms with Crippen molar-refractivity contribution in [3.63, 3.8) is 0 Å². The number of nitrogens with one attached hydrogen (secondary N) is 2. The summed E-state index contributed by atoms with van der Waals surface area (Å²) >= 11 is 0. The normalized spacial score (nSPS) is 27.1. The van der Waals surface area contributed by atoms with E-state index in [0.29, 0.717) is 5.56 Å². The fourth-order valence-electron chi connectivity index (χ4n) is 5.49. The summed E-state index contributed by atoms with van der Waals surface area (Å²) in [6.07, 6.45) is -0.821. The van der Waals surface area contributed by atoms with E-state index < -0.39 is 53.6 Å². The van der Waals surface area contributed by atoms with Gasteiger partial charge in [-0.15, -0.1) is 0 Å². The average molecular weight is 435 g/mol. The minimum atomic E-state index is -2.08. The largest absolute Gasteiger partial charge is 0.481 e. The number of carboxylic acids is 2. The molecule has 5 rings (SSSR count). The second-order valence-corrected chi connectivity index (χ2v) is 8.36. The first kappa shape index (κ1) is 20.2. The zero-order valence-corrected chi connectivity index (χ0v) is 17.2. The zero-order valence-electron chi connectivity index (χ0n) is 17.2. The van der Waals surface area contributed by atoms with Crippen LogP contribution in [0.5, 0.6) is 0 Å². The first-order chi connectivity index (χ1) is 15.3. The Morgan fingerprint density at radius 3 is 2.44 bits per heavy atom. The number of para-hydroxylation sites is 1. The lowest BCUT2D eigenvalue weighted by Crippen LogP contribution is -2.56. The fraction of sp³-hybridized carbons (Fsp3) is 0.304. The minimum absolute atomic E-state index is 0.595. The molecule has 2 amide bonds. The second-order valence-electron chi connectivity index (χ2n) is 8.36. The van der Waals surface area contributed by atoms with E-state index in [0.717, 1.165) is 28.4 Å². The van der Waals surface area contributed by atoms with Gasteiger partial charge in [-0.3, -0.25) is 29.8 Å². The molecule has 2 aromatic carbocycles. The number of fused-ring (bicyclic) bond motifs is 4. The van der Waals surface area contributed by atoms with Crippen molar-refractivity contribution in [2.24, 2.45) is 11.8 Å². The summed E-state index contributed by atoms with van der Waals surface area (Å²) < 4.78 is 2.16. The predicted octanol–water partition coefficient (Wildman–Crippen LogP) is 1.65. The van der Waals surface area contributed by atoms with E-state index in [9.17, 15) is 29.4 Å². The van der Waals surface area contributed by atoms with Gasteiger partial charge in [0.1, 0.15) is 5.54 Å². The molecule has 4 atom stereocenters. The molecule has 4 N–H and O–H groups in total. The Morgan fingerprint density at radius 2 is 1.75 bits per heavy atom. The van der Waals surface area contributed by atoms with Crippen molar-refractivity contribution in [1.82, 2.24) is 15.2 Å². The second kappa shape index (κ2) is 6.89. The van der Waals surface area contributed by atoms with Crippen LogP contribution >= 0.6 is 0 Å². The van der Waals surface area contributed by atoms with Gasteiger partial charge in [0, 0.05) is 34.4 Å². The van der Waals surface area contributed by atoms with Crippen molar-refractivity contribution in [2.75, 3.05) is 0 Å². The highest BCUT2D eigenvalue weighted by atomic mass is 16.4. The van der Waals surface area contributed by atoms with Crippen LogP contribution in [-0.2, 0) is 25.7 Å². The van der Waals surface area contributed by atoms with E-state index >= 15 is 0 Å². The van der Waals surface area contributed by atoms with E-state index in [1.54, 1.807) is 6.07 Å². The molecule has 0 radical (unpaired) electrons. The molecule has 9 heteroatoms. The molecule has 32 heavy (non-hydrogen) atoms. The molecule has 0 spiro atoms. The van der Waals surface area contributed by atoms with E-state index in [1.165, 1.54) is 0 Å². The number of amides is 2. The van der Waals surface area contributed by atoms with Crippen molar-refractivity contribution in [2.45, 2.75) is 31.5 Å². The van der Waals surface area contributed by atoms with Crippen LogP contribution in [0.2, 0.25) is 0 Å². The van der Waals surface area contributed by atoms with Crippen LogP contribution in [0.4, 0.5) is 0 Å². The Labute approximate surface area is 182 Å². The first-order valence-electron chi connectivity index (χ1n) is 10.4. The molecule has 1 aromatic heterocycles. The Bertz CT molecular complexity index is 1330. The number of carboxylic acid groups (broad SMARTS) is 2. The molecule has 4 unspecified atom stereocenters. The van der Waals surface area contributed by atoms with Crippen LogP contribution in [0.1, 0.15) is 24.9 Å². The highest BCUT2D eigenvalue weighted by Gasteiger charge is 2.67. The lowest BCUT2D eigenvalue weighted by atomic mass is 9.77. The van der Waals surface area contributed by atoms with Crippen LogP contribution in [0, 0.1) is 11.8 Å². The number of nitrogens with zero attached hydrogens (tertiary/aromatic N) is 1. The SMILES string of the molecule is CCn1c2ccccc2c2cc(C3NC(CC(=O)O)(C(=O)O)C4C(=O)NC(=O)C34)ccc21. The summed E-state index contributed by atoms with van der Waals surface area (Å²) in [6, 6.07) is 12.7. The van der Waals surface area contributed by atoms with Crippen molar-refractivity contribution in [1.29, 1.82) is 0 Å². The average Bonchev–Trinajstić information content (AvgIpc) is 3.36. The number of carbonyl (C=O) groups is 4. The molecular weight excluding hydrogens is 414 g/mol. The molecule has 164 valence electrons.